The maximum atomic E-state index is 12.3. The summed E-state index contributed by atoms with van der Waals surface area (Å²) in [6.07, 6.45) is 0. The number of anilines is 1. The second-order valence-electron chi connectivity index (χ2n) is 4.62. The quantitative estimate of drug-likeness (QED) is 0.674. The van der Waals surface area contributed by atoms with E-state index < -0.39 is 17.6 Å². The third-order valence-electron chi connectivity index (χ3n) is 3.16. The van der Waals surface area contributed by atoms with Crippen molar-refractivity contribution >= 4 is 29.0 Å². The molecular formula is C17H13ClN2O3. The van der Waals surface area contributed by atoms with Gasteiger partial charge in [0.15, 0.2) is 11.7 Å². The highest BCUT2D eigenvalue weighted by molar-refractivity contribution is 6.34. The number of nitriles is 1. The Hall–Kier alpha value is -2.84. The van der Waals surface area contributed by atoms with E-state index >= 15 is 0 Å². The SMILES string of the molecule is COc1ccc(C(=O)[C@H](C#N)C(=O)Nc2ccccc2Cl)cc1. The standard InChI is InChI=1S/C17H13ClN2O3/c1-23-12-8-6-11(7-9-12)16(21)13(10-19)17(22)20-15-5-3-2-4-14(15)18/h2-9,13H,1H3,(H,20,22)/t13-/m0/s1. The van der Waals surface area contributed by atoms with Gasteiger partial charge in [0.2, 0.25) is 5.91 Å². The monoisotopic (exact) mass is 328 g/mol. The first kappa shape index (κ1) is 16.5. The molecule has 116 valence electrons. The van der Waals surface area contributed by atoms with Crippen molar-refractivity contribution in [3.8, 4) is 11.8 Å². The van der Waals surface area contributed by atoms with Gasteiger partial charge in [0.1, 0.15) is 5.75 Å². The van der Waals surface area contributed by atoms with E-state index in [0.717, 1.165) is 0 Å². The number of nitrogens with one attached hydrogen (secondary N) is 1. The predicted molar refractivity (Wildman–Crippen MR) is 86.5 cm³/mol. The number of carbonyl (C=O) groups is 2. The Balaban J connectivity index is 2.18. The summed E-state index contributed by atoms with van der Waals surface area (Å²) >= 11 is 5.95. The second kappa shape index (κ2) is 7.43. The molecule has 1 atom stereocenters. The van der Waals surface area contributed by atoms with Crippen molar-refractivity contribution < 1.29 is 14.3 Å². The lowest BCUT2D eigenvalue weighted by Crippen LogP contribution is -2.28. The molecule has 1 amide bonds. The number of amides is 1. The van der Waals surface area contributed by atoms with Gasteiger partial charge in [0.25, 0.3) is 0 Å². The van der Waals surface area contributed by atoms with E-state index in [4.69, 9.17) is 16.3 Å². The second-order valence-corrected chi connectivity index (χ2v) is 5.03. The average molecular weight is 329 g/mol. The number of nitrogens with zero attached hydrogens (tertiary/aromatic N) is 1. The van der Waals surface area contributed by atoms with Gasteiger partial charge in [-0.25, -0.2) is 0 Å². The number of Topliss-reactive ketones (excluding diaryl/α,β-unsaturated/α-hetero) is 1. The van der Waals surface area contributed by atoms with E-state index in [1.807, 2.05) is 0 Å². The molecule has 2 aromatic carbocycles. The fourth-order valence-corrected chi connectivity index (χ4v) is 2.11. The van der Waals surface area contributed by atoms with Crippen LogP contribution < -0.4 is 10.1 Å². The highest BCUT2D eigenvalue weighted by Gasteiger charge is 2.28. The molecule has 0 aliphatic carbocycles. The van der Waals surface area contributed by atoms with Gasteiger partial charge in [0.05, 0.1) is 23.9 Å². The van der Waals surface area contributed by atoms with Gasteiger partial charge in [-0.1, -0.05) is 23.7 Å². The Labute approximate surface area is 138 Å². The molecule has 23 heavy (non-hydrogen) atoms. The van der Waals surface area contributed by atoms with Crippen molar-refractivity contribution in [2.75, 3.05) is 12.4 Å². The molecule has 0 saturated heterocycles. The van der Waals surface area contributed by atoms with Crippen molar-refractivity contribution in [3.05, 3.63) is 59.1 Å². The summed E-state index contributed by atoms with van der Waals surface area (Å²) in [5.41, 5.74) is 0.605. The highest BCUT2D eigenvalue weighted by atomic mass is 35.5. The van der Waals surface area contributed by atoms with Crippen LogP contribution in [0.4, 0.5) is 5.69 Å². The van der Waals surface area contributed by atoms with Gasteiger partial charge in [-0.3, -0.25) is 9.59 Å². The molecular weight excluding hydrogens is 316 g/mol. The van der Waals surface area contributed by atoms with Crippen LogP contribution in [0.3, 0.4) is 0 Å². The number of ketones is 1. The molecule has 0 aliphatic heterocycles. The largest absolute Gasteiger partial charge is 0.497 e. The maximum Gasteiger partial charge on any atom is 0.249 e. The summed E-state index contributed by atoms with van der Waals surface area (Å²) in [5, 5.41) is 12.0. The summed E-state index contributed by atoms with van der Waals surface area (Å²) < 4.78 is 5.01. The van der Waals surface area contributed by atoms with E-state index in [-0.39, 0.29) is 5.56 Å². The molecule has 0 radical (unpaired) electrons. The molecule has 2 aromatic rings. The van der Waals surface area contributed by atoms with E-state index in [1.54, 1.807) is 42.5 Å². The summed E-state index contributed by atoms with van der Waals surface area (Å²) in [5.74, 6) is -2.18. The molecule has 2 rings (SSSR count). The Morgan fingerprint density at radius 2 is 1.83 bits per heavy atom. The zero-order valence-electron chi connectivity index (χ0n) is 12.2. The zero-order chi connectivity index (χ0) is 16.8. The topological polar surface area (TPSA) is 79.2 Å². The lowest BCUT2D eigenvalue weighted by molar-refractivity contribution is -0.117. The Morgan fingerprint density at radius 1 is 1.17 bits per heavy atom. The summed E-state index contributed by atoms with van der Waals surface area (Å²) in [6.45, 7) is 0. The van der Waals surface area contributed by atoms with Gasteiger partial charge in [-0.15, -0.1) is 0 Å². The van der Waals surface area contributed by atoms with Crippen molar-refractivity contribution in [2.24, 2.45) is 5.92 Å². The van der Waals surface area contributed by atoms with Crippen LogP contribution in [0.25, 0.3) is 0 Å². The number of ether oxygens (including phenoxy) is 1. The molecule has 1 N–H and O–H groups in total. The lowest BCUT2D eigenvalue weighted by Gasteiger charge is -2.11. The van der Waals surface area contributed by atoms with Crippen molar-refractivity contribution in [1.29, 1.82) is 5.26 Å². The molecule has 0 aliphatic rings. The number of hydrogen-bond donors (Lipinski definition) is 1. The van der Waals surface area contributed by atoms with Crippen LogP contribution in [0, 0.1) is 17.2 Å². The molecule has 0 fully saturated rings. The minimum Gasteiger partial charge on any atom is -0.497 e. The number of benzene rings is 2. The van der Waals surface area contributed by atoms with Crippen LogP contribution in [-0.2, 0) is 4.79 Å². The molecule has 0 unspecified atom stereocenters. The van der Waals surface area contributed by atoms with E-state index in [2.05, 4.69) is 5.32 Å². The third kappa shape index (κ3) is 3.87. The molecule has 0 spiro atoms. The van der Waals surface area contributed by atoms with Crippen LogP contribution in [0.5, 0.6) is 5.75 Å². The van der Waals surface area contributed by atoms with Crippen LogP contribution in [0.2, 0.25) is 5.02 Å². The summed E-state index contributed by atoms with van der Waals surface area (Å²) in [4.78, 5) is 24.5. The number of hydrogen-bond acceptors (Lipinski definition) is 4. The molecule has 6 heteroatoms. The molecule has 5 nitrogen and oxygen atoms in total. The molecule has 0 aromatic heterocycles. The van der Waals surface area contributed by atoms with Crippen molar-refractivity contribution in [1.82, 2.24) is 0 Å². The Morgan fingerprint density at radius 3 is 2.39 bits per heavy atom. The van der Waals surface area contributed by atoms with E-state index in [1.165, 1.54) is 19.2 Å². The molecule has 0 saturated carbocycles. The maximum absolute atomic E-state index is 12.3. The first-order valence-electron chi connectivity index (χ1n) is 6.70. The molecule has 0 bridgehead atoms. The predicted octanol–water partition coefficient (Wildman–Crippen LogP) is 3.31. The van der Waals surface area contributed by atoms with Gasteiger partial charge in [0, 0.05) is 5.56 Å². The lowest BCUT2D eigenvalue weighted by atomic mass is 9.98. The van der Waals surface area contributed by atoms with E-state index in [0.29, 0.717) is 16.5 Å². The highest BCUT2D eigenvalue weighted by Crippen LogP contribution is 2.22. The van der Waals surface area contributed by atoms with Crippen LogP contribution >= 0.6 is 11.6 Å². The number of para-hydroxylation sites is 1. The van der Waals surface area contributed by atoms with Crippen LogP contribution in [0.1, 0.15) is 10.4 Å². The van der Waals surface area contributed by atoms with Crippen molar-refractivity contribution in [3.63, 3.8) is 0 Å². The molecule has 0 heterocycles. The van der Waals surface area contributed by atoms with Crippen LogP contribution in [-0.4, -0.2) is 18.8 Å². The van der Waals surface area contributed by atoms with Gasteiger partial charge in [-0.05, 0) is 36.4 Å². The van der Waals surface area contributed by atoms with Gasteiger partial charge < -0.3 is 10.1 Å². The normalized spacial score (nSPS) is 11.2. The average Bonchev–Trinajstić information content (AvgIpc) is 2.57. The van der Waals surface area contributed by atoms with E-state index in [9.17, 15) is 14.9 Å². The zero-order valence-corrected chi connectivity index (χ0v) is 13.0. The Bertz CT molecular complexity index is 766. The fraction of sp³-hybridized carbons (Fsp3) is 0.118. The fourth-order valence-electron chi connectivity index (χ4n) is 1.93. The summed E-state index contributed by atoms with van der Waals surface area (Å²) in [7, 11) is 1.51. The summed E-state index contributed by atoms with van der Waals surface area (Å²) in [6, 6.07) is 14.5. The first-order chi connectivity index (χ1) is 11.1. The number of halogens is 1. The smallest absolute Gasteiger partial charge is 0.249 e. The number of methoxy groups -OCH3 is 1. The van der Waals surface area contributed by atoms with Crippen molar-refractivity contribution in [2.45, 2.75) is 0 Å². The Kier molecular flexibility index (Phi) is 5.34. The van der Waals surface area contributed by atoms with Gasteiger partial charge in [-0.2, -0.15) is 5.26 Å². The number of rotatable bonds is 5. The minimum atomic E-state index is -1.46. The van der Waals surface area contributed by atoms with Gasteiger partial charge >= 0.3 is 0 Å². The first-order valence-corrected chi connectivity index (χ1v) is 7.08. The third-order valence-corrected chi connectivity index (χ3v) is 3.49. The van der Waals surface area contributed by atoms with Crippen LogP contribution in [0.15, 0.2) is 48.5 Å². The number of carbonyl (C=O) groups excluding carboxylic acids is 2. The minimum absolute atomic E-state index is 0.256.